The maximum atomic E-state index is 13.3. The van der Waals surface area contributed by atoms with Crippen LogP contribution in [0.4, 0.5) is 5.69 Å². The van der Waals surface area contributed by atoms with E-state index in [1.807, 2.05) is 66.7 Å². The molecule has 0 fully saturated rings. The minimum atomic E-state index is -0.127. The van der Waals surface area contributed by atoms with Crippen LogP contribution in [-0.4, -0.2) is 13.0 Å². The van der Waals surface area contributed by atoms with E-state index in [1.54, 1.807) is 30.2 Å². The van der Waals surface area contributed by atoms with Gasteiger partial charge in [0, 0.05) is 5.57 Å². The molecule has 0 spiro atoms. The molecule has 3 aromatic rings. The number of carbonyl (C=O) groups is 1. The number of halogens is 2. The van der Waals surface area contributed by atoms with Crippen LogP contribution >= 0.6 is 23.2 Å². The molecule has 3 aromatic carbocycles. The van der Waals surface area contributed by atoms with Crippen molar-refractivity contribution in [3.8, 4) is 5.75 Å². The highest BCUT2D eigenvalue weighted by Crippen LogP contribution is 2.37. The highest BCUT2D eigenvalue weighted by Gasteiger charge is 2.30. The Hall–Kier alpha value is -3.01. The van der Waals surface area contributed by atoms with Crippen molar-refractivity contribution >= 4 is 46.6 Å². The van der Waals surface area contributed by atoms with Gasteiger partial charge >= 0.3 is 0 Å². The number of methoxy groups -OCH3 is 1. The fourth-order valence-corrected chi connectivity index (χ4v) is 3.49. The molecule has 0 saturated heterocycles. The van der Waals surface area contributed by atoms with Gasteiger partial charge in [0.1, 0.15) is 5.75 Å². The molecule has 0 bridgehead atoms. The van der Waals surface area contributed by atoms with E-state index in [0.717, 1.165) is 22.6 Å². The molecule has 0 unspecified atom stereocenters. The number of nitrogens with zero attached hydrogens (tertiary/aromatic N) is 1. The van der Waals surface area contributed by atoms with E-state index in [0.29, 0.717) is 21.3 Å². The molecule has 144 valence electrons. The van der Waals surface area contributed by atoms with E-state index in [2.05, 4.69) is 0 Å². The van der Waals surface area contributed by atoms with E-state index in [1.165, 1.54) is 0 Å². The van der Waals surface area contributed by atoms with Crippen LogP contribution in [0.2, 0.25) is 10.0 Å². The lowest BCUT2D eigenvalue weighted by Crippen LogP contribution is -2.24. The van der Waals surface area contributed by atoms with Gasteiger partial charge in [-0.3, -0.25) is 9.69 Å². The van der Waals surface area contributed by atoms with Gasteiger partial charge in [-0.2, -0.15) is 0 Å². The van der Waals surface area contributed by atoms with Crippen LogP contribution in [0.15, 0.2) is 84.4 Å². The minimum absolute atomic E-state index is 0.127. The summed E-state index contributed by atoms with van der Waals surface area (Å²) in [5.74, 6) is 0.640. The summed E-state index contributed by atoms with van der Waals surface area (Å²) in [5.41, 5.74) is 3.88. The standard InChI is InChI=1S/C24H17Cl2NO2/c1-29-20-10-7-16(8-11-20)13-18-14-23(17-5-3-2-4-6-17)27(24(18)28)19-9-12-21(25)22(26)15-19/h2-15H,1H3/b18-13+. The summed E-state index contributed by atoms with van der Waals surface area (Å²) in [7, 11) is 1.62. The van der Waals surface area contributed by atoms with E-state index >= 15 is 0 Å². The number of carbonyl (C=O) groups excluding carboxylic acids is 1. The van der Waals surface area contributed by atoms with Crippen LogP contribution in [-0.2, 0) is 4.79 Å². The van der Waals surface area contributed by atoms with Crippen LogP contribution in [0.25, 0.3) is 11.8 Å². The third-order valence-electron chi connectivity index (χ3n) is 4.65. The van der Waals surface area contributed by atoms with Crippen LogP contribution in [0.3, 0.4) is 0 Å². The van der Waals surface area contributed by atoms with E-state index in [-0.39, 0.29) is 5.91 Å². The molecular weight excluding hydrogens is 405 g/mol. The van der Waals surface area contributed by atoms with Crippen molar-refractivity contribution in [2.75, 3.05) is 12.0 Å². The Morgan fingerprint density at radius 2 is 1.62 bits per heavy atom. The van der Waals surface area contributed by atoms with Crippen molar-refractivity contribution in [3.05, 3.63) is 106 Å². The number of benzene rings is 3. The molecule has 4 rings (SSSR count). The van der Waals surface area contributed by atoms with E-state index in [4.69, 9.17) is 27.9 Å². The molecule has 3 nitrogen and oxygen atoms in total. The molecule has 1 aliphatic heterocycles. The summed E-state index contributed by atoms with van der Waals surface area (Å²) in [6.07, 6.45) is 3.76. The lowest BCUT2D eigenvalue weighted by atomic mass is 10.1. The fourth-order valence-electron chi connectivity index (χ4n) is 3.20. The van der Waals surface area contributed by atoms with Gasteiger partial charge in [0.2, 0.25) is 0 Å². The predicted octanol–water partition coefficient (Wildman–Crippen LogP) is 6.47. The van der Waals surface area contributed by atoms with Crippen LogP contribution in [0.5, 0.6) is 5.75 Å². The molecule has 0 saturated carbocycles. The first-order chi connectivity index (χ1) is 14.1. The van der Waals surface area contributed by atoms with E-state index < -0.39 is 0 Å². The highest BCUT2D eigenvalue weighted by atomic mass is 35.5. The van der Waals surface area contributed by atoms with E-state index in [9.17, 15) is 4.79 Å². The maximum Gasteiger partial charge on any atom is 0.262 e. The summed E-state index contributed by atoms with van der Waals surface area (Å²) < 4.78 is 5.20. The third kappa shape index (κ3) is 3.93. The maximum absolute atomic E-state index is 13.3. The lowest BCUT2D eigenvalue weighted by Gasteiger charge is -2.21. The molecular formula is C24H17Cl2NO2. The van der Waals surface area contributed by atoms with Gasteiger partial charge in [0.25, 0.3) is 5.91 Å². The first-order valence-electron chi connectivity index (χ1n) is 8.99. The third-order valence-corrected chi connectivity index (χ3v) is 5.39. The summed E-state index contributed by atoms with van der Waals surface area (Å²) in [6.45, 7) is 0. The molecule has 0 aliphatic carbocycles. The van der Waals surface area contributed by atoms with Crippen LogP contribution in [0.1, 0.15) is 11.1 Å². The first kappa shape index (κ1) is 19.3. The monoisotopic (exact) mass is 421 g/mol. The molecule has 0 atom stereocenters. The Bertz CT molecular complexity index is 1120. The second-order valence-corrected chi connectivity index (χ2v) is 7.32. The summed E-state index contributed by atoms with van der Waals surface area (Å²) >= 11 is 12.3. The second-order valence-electron chi connectivity index (χ2n) is 6.51. The van der Waals surface area contributed by atoms with Gasteiger partial charge < -0.3 is 4.74 Å². The first-order valence-corrected chi connectivity index (χ1v) is 9.75. The highest BCUT2D eigenvalue weighted by molar-refractivity contribution is 6.42. The zero-order chi connectivity index (χ0) is 20.4. The quantitative estimate of drug-likeness (QED) is 0.451. The van der Waals surface area contributed by atoms with Crippen molar-refractivity contribution in [2.24, 2.45) is 0 Å². The lowest BCUT2D eigenvalue weighted by molar-refractivity contribution is -0.113. The topological polar surface area (TPSA) is 29.5 Å². The molecule has 1 heterocycles. The average molecular weight is 422 g/mol. The Labute approximate surface area is 179 Å². The Kier molecular flexibility index (Phi) is 5.43. The number of hydrogen-bond acceptors (Lipinski definition) is 2. The largest absolute Gasteiger partial charge is 0.497 e. The Morgan fingerprint density at radius 3 is 2.28 bits per heavy atom. The number of anilines is 1. The van der Waals surface area contributed by atoms with Crippen molar-refractivity contribution < 1.29 is 9.53 Å². The molecule has 29 heavy (non-hydrogen) atoms. The summed E-state index contributed by atoms with van der Waals surface area (Å²) in [6, 6.07) is 22.5. The van der Waals surface area contributed by atoms with Gasteiger partial charge in [-0.1, -0.05) is 65.7 Å². The molecule has 0 N–H and O–H groups in total. The van der Waals surface area contributed by atoms with Crippen LogP contribution in [0, 0.1) is 0 Å². The molecule has 0 aromatic heterocycles. The molecule has 0 radical (unpaired) electrons. The SMILES string of the molecule is COc1ccc(/C=C2\C=C(c3ccccc3)N(c3ccc(Cl)c(Cl)c3)C2=O)cc1. The zero-order valence-corrected chi connectivity index (χ0v) is 17.1. The molecule has 1 amide bonds. The van der Waals surface area contributed by atoms with Gasteiger partial charge in [0.05, 0.1) is 28.5 Å². The van der Waals surface area contributed by atoms with Gasteiger partial charge in [-0.25, -0.2) is 0 Å². The van der Waals surface area contributed by atoms with Gasteiger partial charge in [-0.05, 0) is 53.6 Å². The van der Waals surface area contributed by atoms with Crippen molar-refractivity contribution in [2.45, 2.75) is 0 Å². The van der Waals surface area contributed by atoms with Gasteiger partial charge in [0.15, 0.2) is 0 Å². The molecule has 1 aliphatic rings. The predicted molar refractivity (Wildman–Crippen MR) is 119 cm³/mol. The van der Waals surface area contributed by atoms with Gasteiger partial charge in [-0.15, -0.1) is 0 Å². The number of amides is 1. The normalized spacial score (nSPS) is 15.0. The second kappa shape index (κ2) is 8.16. The molecule has 5 heteroatoms. The van der Waals surface area contributed by atoms with Crippen molar-refractivity contribution in [1.82, 2.24) is 0 Å². The minimum Gasteiger partial charge on any atom is -0.497 e. The smallest absolute Gasteiger partial charge is 0.262 e. The van der Waals surface area contributed by atoms with Crippen molar-refractivity contribution in [3.63, 3.8) is 0 Å². The number of ether oxygens (including phenoxy) is 1. The number of rotatable bonds is 4. The zero-order valence-electron chi connectivity index (χ0n) is 15.6. The Morgan fingerprint density at radius 1 is 0.897 bits per heavy atom. The summed E-state index contributed by atoms with van der Waals surface area (Å²) in [5, 5.41) is 0.846. The fraction of sp³-hybridized carbons (Fsp3) is 0.0417. The van der Waals surface area contributed by atoms with Crippen molar-refractivity contribution in [1.29, 1.82) is 0 Å². The Balaban J connectivity index is 1.80. The average Bonchev–Trinajstić information content (AvgIpc) is 3.07. The van der Waals surface area contributed by atoms with Crippen LogP contribution < -0.4 is 9.64 Å². The summed E-state index contributed by atoms with van der Waals surface area (Å²) in [4.78, 5) is 15.0. The number of hydrogen-bond donors (Lipinski definition) is 0.